The highest BCUT2D eigenvalue weighted by molar-refractivity contribution is 5.16. The number of rotatable bonds is 9. The summed E-state index contributed by atoms with van der Waals surface area (Å²) in [7, 11) is 0. The summed E-state index contributed by atoms with van der Waals surface area (Å²) in [5.74, 6) is 0.408. The standard InChI is InChI=1S/C18H32O3/c1-4-6-7-8-9-10-11-12-16-18(14-21-18)17(19-5-2)15(3)13-20-16/h11-12,15-17H,4-10,13-14H2,1-3H3/t15-,16-,17-,18-/m0/s1. The molecule has 0 N–H and O–H groups in total. The van der Waals surface area contributed by atoms with Gasteiger partial charge in [0.25, 0.3) is 0 Å². The van der Waals surface area contributed by atoms with Gasteiger partial charge in [0, 0.05) is 12.5 Å². The fourth-order valence-electron chi connectivity index (χ4n) is 3.33. The van der Waals surface area contributed by atoms with Crippen LogP contribution in [0, 0.1) is 5.92 Å². The van der Waals surface area contributed by atoms with Gasteiger partial charge in [-0.25, -0.2) is 0 Å². The largest absolute Gasteiger partial charge is 0.375 e. The van der Waals surface area contributed by atoms with E-state index in [2.05, 4.69) is 32.9 Å². The van der Waals surface area contributed by atoms with Crippen molar-refractivity contribution in [2.75, 3.05) is 19.8 Å². The predicted molar refractivity (Wildman–Crippen MR) is 85.5 cm³/mol. The Kier molecular flexibility index (Phi) is 6.72. The van der Waals surface area contributed by atoms with E-state index in [0.29, 0.717) is 5.92 Å². The lowest BCUT2D eigenvalue weighted by atomic mass is 9.85. The highest BCUT2D eigenvalue weighted by Crippen LogP contribution is 2.44. The summed E-state index contributed by atoms with van der Waals surface area (Å²) in [4.78, 5) is 0. The van der Waals surface area contributed by atoms with Gasteiger partial charge in [0.1, 0.15) is 11.7 Å². The number of ether oxygens (including phenoxy) is 3. The molecule has 2 aliphatic rings. The van der Waals surface area contributed by atoms with E-state index in [0.717, 1.165) is 26.2 Å². The molecule has 3 heteroatoms. The molecule has 0 unspecified atom stereocenters. The molecular formula is C18H32O3. The van der Waals surface area contributed by atoms with E-state index >= 15 is 0 Å². The van der Waals surface area contributed by atoms with Gasteiger partial charge in [0.05, 0.1) is 19.3 Å². The Labute approximate surface area is 130 Å². The Morgan fingerprint density at radius 2 is 1.95 bits per heavy atom. The lowest BCUT2D eigenvalue weighted by molar-refractivity contribution is -0.140. The van der Waals surface area contributed by atoms with Crippen LogP contribution in [-0.2, 0) is 14.2 Å². The van der Waals surface area contributed by atoms with Crippen molar-refractivity contribution in [1.82, 2.24) is 0 Å². The molecule has 1 spiro atoms. The highest BCUT2D eigenvalue weighted by Gasteiger charge is 2.61. The Bertz CT molecular complexity index is 322. The Morgan fingerprint density at radius 1 is 1.19 bits per heavy atom. The minimum atomic E-state index is -0.202. The maximum atomic E-state index is 6.00. The van der Waals surface area contributed by atoms with Crippen LogP contribution in [0.1, 0.15) is 59.3 Å². The van der Waals surface area contributed by atoms with Crippen molar-refractivity contribution in [3.05, 3.63) is 12.2 Å². The third kappa shape index (κ3) is 4.30. The molecular weight excluding hydrogens is 264 g/mol. The zero-order valence-electron chi connectivity index (χ0n) is 14.0. The molecule has 21 heavy (non-hydrogen) atoms. The van der Waals surface area contributed by atoms with Gasteiger partial charge in [-0.2, -0.15) is 0 Å². The SMILES string of the molecule is CCCCCCCC=C[C@@H]1OC[C@H](C)[C@H](OCC)[C@]12CO2. The minimum absolute atomic E-state index is 0.0703. The highest BCUT2D eigenvalue weighted by atomic mass is 16.7. The maximum absolute atomic E-state index is 6.00. The fraction of sp³-hybridized carbons (Fsp3) is 0.889. The van der Waals surface area contributed by atoms with E-state index in [1.54, 1.807) is 0 Å². The van der Waals surface area contributed by atoms with Crippen molar-refractivity contribution >= 4 is 0 Å². The van der Waals surface area contributed by atoms with Crippen LogP contribution in [-0.4, -0.2) is 37.6 Å². The molecule has 2 aliphatic heterocycles. The predicted octanol–water partition coefficient (Wildman–Crippen LogP) is 4.11. The van der Waals surface area contributed by atoms with Gasteiger partial charge >= 0.3 is 0 Å². The molecule has 0 aromatic rings. The monoisotopic (exact) mass is 296 g/mol. The van der Waals surface area contributed by atoms with Crippen LogP contribution in [0.3, 0.4) is 0 Å². The Morgan fingerprint density at radius 3 is 2.62 bits per heavy atom. The van der Waals surface area contributed by atoms with Gasteiger partial charge in [-0.3, -0.25) is 0 Å². The first-order valence-electron chi connectivity index (χ1n) is 8.78. The van der Waals surface area contributed by atoms with Crippen LogP contribution in [0.4, 0.5) is 0 Å². The van der Waals surface area contributed by atoms with E-state index < -0.39 is 0 Å². The first-order valence-corrected chi connectivity index (χ1v) is 8.78. The number of hydrogen-bond donors (Lipinski definition) is 0. The third-order valence-corrected chi connectivity index (χ3v) is 4.63. The molecule has 2 saturated heterocycles. The summed E-state index contributed by atoms with van der Waals surface area (Å²) in [5.41, 5.74) is -0.202. The average molecular weight is 296 g/mol. The van der Waals surface area contributed by atoms with Crippen molar-refractivity contribution in [3.8, 4) is 0 Å². The van der Waals surface area contributed by atoms with E-state index in [1.807, 2.05) is 0 Å². The number of unbranched alkanes of at least 4 members (excludes halogenated alkanes) is 5. The van der Waals surface area contributed by atoms with Crippen LogP contribution in [0.2, 0.25) is 0 Å². The summed E-state index contributed by atoms with van der Waals surface area (Å²) in [6.07, 6.45) is 12.5. The molecule has 2 fully saturated rings. The van der Waals surface area contributed by atoms with Crippen molar-refractivity contribution in [2.45, 2.75) is 77.1 Å². The van der Waals surface area contributed by atoms with Gasteiger partial charge < -0.3 is 14.2 Å². The maximum Gasteiger partial charge on any atom is 0.147 e. The molecule has 0 aliphatic carbocycles. The van der Waals surface area contributed by atoms with Gasteiger partial charge in [0.2, 0.25) is 0 Å². The molecule has 2 heterocycles. The third-order valence-electron chi connectivity index (χ3n) is 4.63. The lowest BCUT2D eigenvalue weighted by Gasteiger charge is -2.38. The number of epoxide rings is 1. The average Bonchev–Trinajstić information content (AvgIpc) is 3.26. The first kappa shape index (κ1) is 17.0. The molecule has 0 bridgehead atoms. The molecule has 0 saturated carbocycles. The second-order valence-electron chi connectivity index (χ2n) is 6.48. The summed E-state index contributed by atoms with van der Waals surface area (Å²) in [6, 6.07) is 0. The van der Waals surface area contributed by atoms with Gasteiger partial charge in [0.15, 0.2) is 0 Å². The Hall–Kier alpha value is -0.380. The molecule has 3 nitrogen and oxygen atoms in total. The lowest BCUT2D eigenvalue weighted by Crippen LogP contribution is -2.52. The summed E-state index contributed by atoms with van der Waals surface area (Å²) < 4.78 is 17.7. The smallest absolute Gasteiger partial charge is 0.147 e. The van der Waals surface area contributed by atoms with Crippen molar-refractivity contribution in [1.29, 1.82) is 0 Å². The van der Waals surface area contributed by atoms with Crippen LogP contribution in [0.5, 0.6) is 0 Å². The summed E-state index contributed by atoms with van der Waals surface area (Å²) in [6.45, 7) is 8.78. The summed E-state index contributed by atoms with van der Waals surface area (Å²) >= 11 is 0. The van der Waals surface area contributed by atoms with Gasteiger partial charge in [-0.15, -0.1) is 0 Å². The second-order valence-corrected chi connectivity index (χ2v) is 6.48. The zero-order chi connectivity index (χ0) is 15.1. The van der Waals surface area contributed by atoms with Crippen molar-refractivity contribution < 1.29 is 14.2 Å². The zero-order valence-corrected chi connectivity index (χ0v) is 14.0. The van der Waals surface area contributed by atoms with Crippen LogP contribution in [0.15, 0.2) is 12.2 Å². The summed E-state index contributed by atoms with van der Waals surface area (Å²) in [5, 5.41) is 0. The van der Waals surface area contributed by atoms with Crippen LogP contribution in [0.25, 0.3) is 0 Å². The van der Waals surface area contributed by atoms with Crippen LogP contribution >= 0.6 is 0 Å². The van der Waals surface area contributed by atoms with Crippen molar-refractivity contribution in [2.24, 2.45) is 5.92 Å². The molecule has 122 valence electrons. The van der Waals surface area contributed by atoms with Gasteiger partial charge in [-0.05, 0) is 19.8 Å². The van der Waals surface area contributed by atoms with Crippen molar-refractivity contribution in [3.63, 3.8) is 0 Å². The second kappa shape index (κ2) is 8.30. The number of allylic oxidation sites excluding steroid dienone is 1. The van der Waals surface area contributed by atoms with E-state index in [4.69, 9.17) is 14.2 Å². The molecule has 0 radical (unpaired) electrons. The molecule has 0 aromatic carbocycles. The van der Waals surface area contributed by atoms with Gasteiger partial charge in [-0.1, -0.05) is 51.7 Å². The topological polar surface area (TPSA) is 31.0 Å². The first-order chi connectivity index (χ1) is 10.2. The normalized spacial score (nSPS) is 35.7. The van der Waals surface area contributed by atoms with E-state index in [1.165, 1.54) is 32.1 Å². The Balaban J connectivity index is 1.77. The molecule has 2 rings (SSSR count). The minimum Gasteiger partial charge on any atom is -0.375 e. The number of hydrogen-bond acceptors (Lipinski definition) is 3. The molecule has 0 aromatic heterocycles. The molecule has 4 atom stereocenters. The fourth-order valence-corrected chi connectivity index (χ4v) is 3.33. The van der Waals surface area contributed by atoms with E-state index in [9.17, 15) is 0 Å². The van der Waals surface area contributed by atoms with Crippen LogP contribution < -0.4 is 0 Å². The molecule has 0 amide bonds. The van der Waals surface area contributed by atoms with E-state index in [-0.39, 0.29) is 17.8 Å². The quantitative estimate of drug-likeness (QED) is 0.364.